The van der Waals surface area contributed by atoms with Crippen LogP contribution in [0.15, 0.2) is 48.5 Å². The van der Waals surface area contributed by atoms with E-state index in [0.29, 0.717) is 43.5 Å². The molecule has 2 aromatic carbocycles. The van der Waals surface area contributed by atoms with Crippen molar-refractivity contribution < 1.29 is 27.1 Å². The fourth-order valence-corrected chi connectivity index (χ4v) is 3.49. The van der Waals surface area contributed by atoms with Crippen molar-refractivity contribution in [1.29, 1.82) is 0 Å². The Morgan fingerprint density at radius 1 is 1.07 bits per heavy atom. The summed E-state index contributed by atoms with van der Waals surface area (Å²) < 4.78 is 55.6. The smallest absolute Gasteiger partial charge is 0.405 e. The molecule has 0 radical (unpaired) electrons. The van der Waals surface area contributed by atoms with Gasteiger partial charge in [-0.05, 0) is 31.5 Å². The number of carbonyl (C=O) groups is 1. The fraction of sp³-hybridized carbons (Fsp3) is 0.381. The van der Waals surface area contributed by atoms with Gasteiger partial charge >= 0.3 is 6.36 Å². The van der Waals surface area contributed by atoms with Crippen molar-refractivity contribution >= 4 is 5.91 Å². The lowest BCUT2D eigenvalue weighted by Gasteiger charge is -2.26. The number of nitrogens with zero attached hydrogens (tertiary/aromatic N) is 1. The molecule has 2 aromatic rings. The summed E-state index contributed by atoms with van der Waals surface area (Å²) >= 11 is 0. The van der Waals surface area contributed by atoms with Gasteiger partial charge in [0.1, 0.15) is 11.6 Å². The monoisotopic (exact) mass is 410 g/mol. The van der Waals surface area contributed by atoms with Crippen LogP contribution >= 0.6 is 0 Å². The minimum absolute atomic E-state index is 0.0586. The molecule has 3 rings (SSSR count). The highest BCUT2D eigenvalue weighted by Gasteiger charge is 2.34. The molecule has 1 aliphatic rings. The molecule has 4 nitrogen and oxygen atoms in total. The lowest BCUT2D eigenvalue weighted by molar-refractivity contribution is -0.275. The molecule has 0 aromatic heterocycles. The average molecular weight is 410 g/mol. The Labute approximate surface area is 166 Å². The number of hydrogen-bond acceptors (Lipinski definition) is 3. The third-order valence-electron chi connectivity index (χ3n) is 4.92. The highest BCUT2D eigenvalue weighted by Crippen LogP contribution is 2.30. The number of amides is 1. The Bertz CT molecular complexity index is 841. The molecule has 0 unspecified atom stereocenters. The minimum atomic E-state index is -4.79. The van der Waals surface area contributed by atoms with Crippen LogP contribution in [0.3, 0.4) is 0 Å². The van der Waals surface area contributed by atoms with Crippen molar-refractivity contribution in [2.24, 2.45) is 0 Å². The summed E-state index contributed by atoms with van der Waals surface area (Å²) in [6.07, 6.45) is -3.16. The zero-order valence-electron chi connectivity index (χ0n) is 15.7. The van der Waals surface area contributed by atoms with Gasteiger partial charge < -0.3 is 15.0 Å². The van der Waals surface area contributed by atoms with Gasteiger partial charge in [-0.3, -0.25) is 4.79 Å². The van der Waals surface area contributed by atoms with Crippen LogP contribution in [-0.2, 0) is 17.9 Å². The summed E-state index contributed by atoms with van der Waals surface area (Å²) in [5.74, 6) is -0.666. The van der Waals surface area contributed by atoms with Crippen molar-refractivity contribution in [2.45, 2.75) is 44.8 Å². The number of benzene rings is 2. The first-order chi connectivity index (χ1) is 13.8. The number of nitrogens with one attached hydrogen (secondary N) is 1. The number of carbonyl (C=O) groups excluding carboxylic acids is 1. The maximum Gasteiger partial charge on any atom is 0.573 e. The Hall–Kier alpha value is -2.61. The first-order valence-electron chi connectivity index (χ1n) is 9.41. The minimum Gasteiger partial charge on any atom is -0.405 e. The number of ether oxygens (including phenoxy) is 1. The maximum atomic E-state index is 13.6. The Morgan fingerprint density at radius 2 is 1.76 bits per heavy atom. The van der Waals surface area contributed by atoms with E-state index in [1.807, 2.05) is 0 Å². The largest absolute Gasteiger partial charge is 0.573 e. The van der Waals surface area contributed by atoms with Gasteiger partial charge in [-0.25, -0.2) is 4.39 Å². The summed E-state index contributed by atoms with van der Waals surface area (Å²) in [6.45, 7) is 0.988. The highest BCUT2D eigenvalue weighted by molar-refractivity contribution is 5.78. The van der Waals surface area contributed by atoms with E-state index >= 15 is 0 Å². The predicted octanol–water partition coefficient (Wildman–Crippen LogP) is 4.40. The first kappa shape index (κ1) is 21.1. The van der Waals surface area contributed by atoms with Gasteiger partial charge in [-0.1, -0.05) is 36.4 Å². The summed E-state index contributed by atoms with van der Waals surface area (Å²) in [5, 5.41) is 3.16. The van der Waals surface area contributed by atoms with Crippen LogP contribution < -0.4 is 10.1 Å². The number of hydrogen-bond donors (Lipinski definition) is 1. The summed E-state index contributed by atoms with van der Waals surface area (Å²) in [7, 11) is 0. The Balaban J connectivity index is 1.58. The molecule has 0 bridgehead atoms. The first-order valence-corrected chi connectivity index (χ1v) is 9.41. The summed E-state index contributed by atoms with van der Waals surface area (Å²) in [6, 6.07) is 12.2. The van der Waals surface area contributed by atoms with Crippen LogP contribution in [-0.4, -0.2) is 29.8 Å². The molecule has 1 saturated heterocycles. The van der Waals surface area contributed by atoms with Crippen molar-refractivity contribution in [3.05, 3.63) is 65.5 Å². The number of likely N-dealkylation sites (tertiary alicyclic amines) is 1. The summed E-state index contributed by atoms with van der Waals surface area (Å²) in [4.78, 5) is 13.9. The standard InChI is InChI=1S/C21H22F4N2O2/c22-18-7-3-1-5-15(18)13-26-12-11-17-9-10-20(28)27(17)14-16-6-2-4-8-19(16)29-21(23,24)25/h1-8,17,26H,9-14H2/t17-/m0/s1. The number of alkyl halides is 3. The predicted molar refractivity (Wildman–Crippen MR) is 99.4 cm³/mol. The molecule has 0 aliphatic carbocycles. The van der Waals surface area contributed by atoms with Gasteiger partial charge in [0.05, 0.1) is 0 Å². The van der Waals surface area contributed by atoms with Crippen LogP contribution in [0, 0.1) is 5.82 Å². The molecule has 0 spiro atoms. The maximum absolute atomic E-state index is 13.6. The van der Waals surface area contributed by atoms with Crippen molar-refractivity contribution in [2.75, 3.05) is 6.54 Å². The Kier molecular flexibility index (Phi) is 6.74. The average Bonchev–Trinajstić information content (AvgIpc) is 3.00. The van der Waals surface area contributed by atoms with E-state index in [-0.39, 0.29) is 30.1 Å². The molecule has 8 heteroatoms. The van der Waals surface area contributed by atoms with E-state index in [4.69, 9.17) is 0 Å². The Morgan fingerprint density at radius 3 is 2.48 bits per heavy atom. The van der Waals surface area contributed by atoms with Gasteiger partial charge in [-0.15, -0.1) is 13.2 Å². The topological polar surface area (TPSA) is 41.6 Å². The van der Waals surface area contributed by atoms with E-state index in [2.05, 4.69) is 10.1 Å². The number of para-hydroxylation sites is 1. The van der Waals surface area contributed by atoms with E-state index in [1.165, 1.54) is 24.3 Å². The normalized spacial score (nSPS) is 17.0. The van der Waals surface area contributed by atoms with Crippen LogP contribution in [0.25, 0.3) is 0 Å². The van der Waals surface area contributed by atoms with Crippen molar-refractivity contribution in [1.82, 2.24) is 10.2 Å². The van der Waals surface area contributed by atoms with Gasteiger partial charge in [0.15, 0.2) is 0 Å². The second-order valence-electron chi connectivity index (χ2n) is 6.93. The van der Waals surface area contributed by atoms with E-state index < -0.39 is 6.36 Å². The second-order valence-corrected chi connectivity index (χ2v) is 6.93. The van der Waals surface area contributed by atoms with Crippen molar-refractivity contribution in [3.63, 3.8) is 0 Å². The molecule has 1 fully saturated rings. The fourth-order valence-electron chi connectivity index (χ4n) is 3.49. The molecule has 1 aliphatic heterocycles. The SMILES string of the molecule is O=C1CC[C@@H](CCNCc2ccccc2F)N1Cc1ccccc1OC(F)(F)F. The van der Waals surface area contributed by atoms with Crippen LogP contribution in [0.5, 0.6) is 5.75 Å². The zero-order valence-corrected chi connectivity index (χ0v) is 15.7. The van der Waals surface area contributed by atoms with Gasteiger partial charge in [-0.2, -0.15) is 0 Å². The molecule has 29 heavy (non-hydrogen) atoms. The molecule has 1 N–H and O–H groups in total. The van der Waals surface area contributed by atoms with E-state index in [1.54, 1.807) is 29.2 Å². The molecule has 1 atom stereocenters. The van der Waals surface area contributed by atoms with E-state index in [0.717, 1.165) is 0 Å². The van der Waals surface area contributed by atoms with Gasteiger partial charge in [0.25, 0.3) is 0 Å². The second kappa shape index (κ2) is 9.26. The molecular formula is C21H22F4N2O2. The number of halogens is 4. The molecule has 0 saturated carbocycles. The highest BCUT2D eigenvalue weighted by atomic mass is 19.4. The number of rotatable bonds is 8. The zero-order chi connectivity index (χ0) is 20.9. The summed E-state index contributed by atoms with van der Waals surface area (Å²) in [5.41, 5.74) is 0.870. The lowest BCUT2D eigenvalue weighted by atomic mass is 10.1. The molecular weight excluding hydrogens is 388 g/mol. The van der Waals surface area contributed by atoms with Crippen LogP contribution in [0.2, 0.25) is 0 Å². The van der Waals surface area contributed by atoms with E-state index in [9.17, 15) is 22.4 Å². The third-order valence-corrected chi connectivity index (χ3v) is 4.92. The molecule has 1 amide bonds. The molecule has 156 valence electrons. The lowest BCUT2D eigenvalue weighted by Crippen LogP contribution is -2.35. The van der Waals surface area contributed by atoms with Gasteiger partial charge in [0.2, 0.25) is 5.91 Å². The van der Waals surface area contributed by atoms with Gasteiger partial charge in [0, 0.05) is 36.7 Å². The van der Waals surface area contributed by atoms with Crippen LogP contribution in [0.1, 0.15) is 30.4 Å². The quantitative estimate of drug-likeness (QED) is 0.518. The van der Waals surface area contributed by atoms with Crippen molar-refractivity contribution in [3.8, 4) is 5.75 Å². The third kappa shape index (κ3) is 5.93. The molecule has 1 heterocycles. The van der Waals surface area contributed by atoms with Crippen LogP contribution in [0.4, 0.5) is 17.6 Å².